The van der Waals surface area contributed by atoms with Crippen LogP contribution in [0.4, 0.5) is 17.1 Å². The molecule has 2 saturated heterocycles. The zero-order valence-electron chi connectivity index (χ0n) is 19.5. The molecule has 0 spiro atoms. The summed E-state index contributed by atoms with van der Waals surface area (Å²) in [6.45, 7) is 9.76. The van der Waals surface area contributed by atoms with Crippen molar-refractivity contribution in [2.75, 3.05) is 16.3 Å². The Bertz CT molecular complexity index is 1000. The molecular formula is C25H33N3O4. The minimum Gasteiger partial charge on any atom is -0.362 e. The third-order valence-electron chi connectivity index (χ3n) is 8.33. The number of nitro groups is 1. The summed E-state index contributed by atoms with van der Waals surface area (Å²) < 4.78 is 0. The van der Waals surface area contributed by atoms with E-state index >= 15 is 0 Å². The second-order valence-electron chi connectivity index (χ2n) is 11.9. The molecule has 0 N–H and O–H groups in total. The van der Waals surface area contributed by atoms with Crippen LogP contribution in [-0.2, 0) is 9.59 Å². The van der Waals surface area contributed by atoms with Gasteiger partial charge in [0.05, 0.1) is 22.4 Å². The highest BCUT2D eigenvalue weighted by Crippen LogP contribution is 2.54. The summed E-state index contributed by atoms with van der Waals surface area (Å²) in [5, 5.41) is 12.1. The van der Waals surface area contributed by atoms with Crippen molar-refractivity contribution in [3.8, 4) is 0 Å². The van der Waals surface area contributed by atoms with Gasteiger partial charge >= 0.3 is 0 Å². The van der Waals surface area contributed by atoms with Gasteiger partial charge in [-0.2, -0.15) is 0 Å². The lowest BCUT2D eigenvalue weighted by Crippen LogP contribution is -2.35. The number of fused-ring (bicyclic) bond motifs is 3. The average molecular weight is 440 g/mol. The Morgan fingerprint density at radius 1 is 1.06 bits per heavy atom. The quantitative estimate of drug-likeness (QED) is 0.379. The van der Waals surface area contributed by atoms with Gasteiger partial charge in [0, 0.05) is 18.7 Å². The van der Waals surface area contributed by atoms with Gasteiger partial charge in [-0.3, -0.25) is 19.7 Å². The first kappa shape index (κ1) is 21.4. The summed E-state index contributed by atoms with van der Waals surface area (Å²) in [6.07, 6.45) is 5.54. The number of amides is 2. The molecule has 1 aromatic rings. The molecule has 2 aliphatic carbocycles. The summed E-state index contributed by atoms with van der Waals surface area (Å²) in [5.41, 5.74) is 1.29. The lowest BCUT2D eigenvalue weighted by Gasteiger charge is -2.39. The van der Waals surface area contributed by atoms with Gasteiger partial charge in [0.15, 0.2) is 0 Å². The standard InChI is InChI=1S/C25H33N3O4/c1-15-5-7-18-19(9-15)23(30)27(22(18)29)16-6-8-20(21(10-16)28(31)32)26-14-25(4)12-17(26)11-24(2,3)13-25/h6,8,10,15,17-19H,5,7,9,11-14H2,1-4H3/t15-,17-,18-,19+,25+/m1/s1. The van der Waals surface area contributed by atoms with E-state index in [1.54, 1.807) is 12.1 Å². The lowest BCUT2D eigenvalue weighted by atomic mass is 9.65. The SMILES string of the molecule is C[C@@H]1CC[C@H]2C(=O)N(c3ccc(N4C[C@@]5(C)C[C@H]4CC(C)(C)C5)c([N+](=O)[O-])c3)C(=O)[C@H]2C1. The molecule has 2 bridgehead atoms. The molecule has 0 radical (unpaired) electrons. The largest absolute Gasteiger partial charge is 0.362 e. The van der Waals surface area contributed by atoms with Crippen LogP contribution in [0.1, 0.15) is 66.2 Å². The van der Waals surface area contributed by atoms with Crippen LogP contribution in [0, 0.1) is 38.7 Å². The van der Waals surface area contributed by atoms with Crippen molar-refractivity contribution in [2.24, 2.45) is 28.6 Å². The zero-order chi connectivity index (χ0) is 23.0. The maximum absolute atomic E-state index is 13.1. The smallest absolute Gasteiger partial charge is 0.294 e. The van der Waals surface area contributed by atoms with Gasteiger partial charge in [-0.05, 0) is 67.4 Å². The minimum absolute atomic E-state index is 0.0136. The van der Waals surface area contributed by atoms with E-state index in [-0.39, 0.29) is 51.1 Å². The summed E-state index contributed by atoms with van der Waals surface area (Å²) in [4.78, 5) is 41.3. The monoisotopic (exact) mass is 439 g/mol. The molecule has 7 heteroatoms. The van der Waals surface area contributed by atoms with Crippen LogP contribution in [0.15, 0.2) is 18.2 Å². The van der Waals surface area contributed by atoms with E-state index in [4.69, 9.17) is 0 Å². The van der Waals surface area contributed by atoms with Gasteiger partial charge in [-0.1, -0.05) is 27.7 Å². The average Bonchev–Trinajstić information content (AvgIpc) is 3.09. The van der Waals surface area contributed by atoms with Crippen LogP contribution in [0.2, 0.25) is 0 Å². The fraction of sp³-hybridized carbons (Fsp3) is 0.680. The maximum atomic E-state index is 13.1. The topological polar surface area (TPSA) is 83.8 Å². The summed E-state index contributed by atoms with van der Waals surface area (Å²) >= 11 is 0. The van der Waals surface area contributed by atoms with Crippen molar-refractivity contribution in [3.63, 3.8) is 0 Å². The van der Waals surface area contributed by atoms with Crippen LogP contribution >= 0.6 is 0 Å². The Morgan fingerprint density at radius 2 is 1.78 bits per heavy atom. The van der Waals surface area contributed by atoms with Crippen molar-refractivity contribution in [3.05, 3.63) is 28.3 Å². The number of nitro benzene ring substituents is 1. The predicted octanol–water partition coefficient (Wildman–Crippen LogP) is 4.93. The Labute approximate surface area is 189 Å². The van der Waals surface area contributed by atoms with E-state index in [9.17, 15) is 19.7 Å². The molecule has 1 aromatic carbocycles. The first-order valence-corrected chi connectivity index (χ1v) is 11.9. The van der Waals surface area contributed by atoms with Crippen molar-refractivity contribution in [1.82, 2.24) is 0 Å². The molecule has 5 atom stereocenters. The Hall–Kier alpha value is -2.44. The summed E-state index contributed by atoms with van der Waals surface area (Å²) in [6, 6.07) is 5.21. The van der Waals surface area contributed by atoms with E-state index in [0.29, 0.717) is 17.3 Å². The number of rotatable bonds is 3. The highest BCUT2D eigenvalue weighted by molar-refractivity contribution is 6.22. The molecule has 0 aromatic heterocycles. The van der Waals surface area contributed by atoms with Crippen molar-refractivity contribution in [1.29, 1.82) is 0 Å². The van der Waals surface area contributed by atoms with E-state index < -0.39 is 0 Å². The number of benzene rings is 1. The molecular weight excluding hydrogens is 406 g/mol. The van der Waals surface area contributed by atoms with E-state index in [1.165, 1.54) is 11.0 Å². The Kier molecular flexibility index (Phi) is 4.70. The van der Waals surface area contributed by atoms with Crippen LogP contribution in [0.5, 0.6) is 0 Å². The fourth-order valence-corrected chi connectivity index (χ4v) is 7.43. The molecule has 2 aliphatic heterocycles. The van der Waals surface area contributed by atoms with Crippen LogP contribution in [0.25, 0.3) is 0 Å². The molecule has 172 valence electrons. The number of hydrogen-bond donors (Lipinski definition) is 0. The first-order valence-electron chi connectivity index (χ1n) is 11.9. The molecule has 2 heterocycles. The number of hydrogen-bond acceptors (Lipinski definition) is 5. The second-order valence-corrected chi connectivity index (χ2v) is 11.9. The zero-order valence-corrected chi connectivity index (χ0v) is 19.5. The summed E-state index contributed by atoms with van der Waals surface area (Å²) in [7, 11) is 0. The van der Waals surface area contributed by atoms with Crippen molar-refractivity contribution in [2.45, 2.75) is 72.3 Å². The van der Waals surface area contributed by atoms with Crippen molar-refractivity contribution >= 4 is 28.9 Å². The number of carbonyl (C=O) groups is 2. The Balaban J connectivity index is 1.49. The maximum Gasteiger partial charge on any atom is 0.294 e. The normalized spacial score (nSPS) is 35.9. The van der Waals surface area contributed by atoms with Gasteiger partial charge in [0.1, 0.15) is 5.69 Å². The van der Waals surface area contributed by atoms with Gasteiger partial charge < -0.3 is 4.90 Å². The fourth-order valence-electron chi connectivity index (χ4n) is 7.43. The lowest BCUT2D eigenvalue weighted by molar-refractivity contribution is -0.384. The number of anilines is 2. The second kappa shape index (κ2) is 7.03. The third-order valence-corrected chi connectivity index (χ3v) is 8.33. The van der Waals surface area contributed by atoms with E-state index in [1.807, 2.05) is 0 Å². The number of imide groups is 1. The molecule has 2 amide bonds. The van der Waals surface area contributed by atoms with Gasteiger partial charge in [-0.25, -0.2) is 4.90 Å². The molecule has 5 rings (SSSR count). The molecule has 4 fully saturated rings. The van der Waals surface area contributed by atoms with Crippen LogP contribution < -0.4 is 9.80 Å². The first-order chi connectivity index (χ1) is 15.0. The molecule has 0 unspecified atom stereocenters. The molecule has 7 nitrogen and oxygen atoms in total. The summed E-state index contributed by atoms with van der Waals surface area (Å²) in [5.74, 6) is -0.535. The highest BCUT2D eigenvalue weighted by Gasteiger charge is 2.52. The molecule has 2 saturated carbocycles. The molecule has 4 aliphatic rings. The minimum atomic E-state index is -0.366. The van der Waals surface area contributed by atoms with Gasteiger partial charge in [0.25, 0.3) is 5.69 Å². The highest BCUT2D eigenvalue weighted by atomic mass is 16.6. The molecule has 32 heavy (non-hydrogen) atoms. The predicted molar refractivity (Wildman–Crippen MR) is 122 cm³/mol. The third kappa shape index (κ3) is 3.32. The Morgan fingerprint density at radius 3 is 2.50 bits per heavy atom. The van der Waals surface area contributed by atoms with Gasteiger partial charge in [0.2, 0.25) is 11.8 Å². The van der Waals surface area contributed by atoms with Crippen LogP contribution in [-0.4, -0.2) is 29.3 Å². The number of nitrogens with zero attached hydrogens (tertiary/aromatic N) is 3. The van der Waals surface area contributed by atoms with E-state index in [2.05, 4.69) is 32.6 Å². The van der Waals surface area contributed by atoms with E-state index in [0.717, 1.165) is 45.1 Å². The van der Waals surface area contributed by atoms with Crippen LogP contribution in [0.3, 0.4) is 0 Å². The number of carbonyl (C=O) groups excluding carboxylic acids is 2. The van der Waals surface area contributed by atoms with Gasteiger partial charge in [-0.15, -0.1) is 0 Å². The van der Waals surface area contributed by atoms with Crippen molar-refractivity contribution < 1.29 is 14.5 Å².